The maximum absolute atomic E-state index is 13.2. The Balaban J connectivity index is 3.21. The van der Waals surface area contributed by atoms with Gasteiger partial charge in [-0.3, -0.25) is 0 Å². The maximum atomic E-state index is 13.2. The third-order valence-electron chi connectivity index (χ3n) is 1.64. The Hall–Kier alpha value is 0.0600. The van der Waals surface area contributed by atoms with Crippen LogP contribution in [0.5, 0.6) is 0 Å². The van der Waals surface area contributed by atoms with Crippen molar-refractivity contribution in [1.82, 2.24) is 0 Å². The van der Waals surface area contributed by atoms with Crippen molar-refractivity contribution in [3.05, 3.63) is 33.0 Å². The number of thiol groups is 1. The van der Waals surface area contributed by atoms with Crippen molar-refractivity contribution in [2.75, 3.05) is 0 Å². The summed E-state index contributed by atoms with van der Waals surface area (Å²) < 4.78 is 50.1. The fourth-order valence-corrected chi connectivity index (χ4v) is 1.63. The smallest absolute Gasteiger partial charge is 0.207 e. The average Bonchev–Trinajstić information content (AvgIpc) is 2.08. The zero-order valence-corrected chi connectivity index (χ0v) is 10.2. The lowest BCUT2D eigenvalue weighted by atomic mass is 10.1. The molecule has 0 aliphatic rings. The monoisotopic (exact) mass is 322 g/mol. The highest BCUT2D eigenvalue weighted by Gasteiger charge is 2.39. The van der Waals surface area contributed by atoms with Gasteiger partial charge in [-0.05, 0) is 28.1 Å². The average molecular weight is 324 g/mol. The standard InChI is InChI=1S/C8H4BrClF4S/c9-4-1-3(6(11)2-5(4)10)7(15)8(12,13)14/h1-2,7,15H. The van der Waals surface area contributed by atoms with Crippen molar-refractivity contribution in [1.29, 1.82) is 0 Å². The second-order valence-corrected chi connectivity index (χ2v) is 4.51. The van der Waals surface area contributed by atoms with Gasteiger partial charge in [0.1, 0.15) is 11.1 Å². The summed E-state index contributed by atoms with van der Waals surface area (Å²) >= 11 is 11.7. The van der Waals surface area contributed by atoms with E-state index < -0.39 is 22.8 Å². The highest BCUT2D eigenvalue weighted by molar-refractivity contribution is 9.10. The van der Waals surface area contributed by atoms with Crippen molar-refractivity contribution in [2.45, 2.75) is 11.4 Å². The number of hydrogen-bond acceptors (Lipinski definition) is 1. The number of halogens is 6. The van der Waals surface area contributed by atoms with Crippen molar-refractivity contribution in [3.8, 4) is 0 Å². The second kappa shape index (κ2) is 4.51. The minimum absolute atomic E-state index is 0.0129. The molecular weight excluding hydrogens is 320 g/mol. The Bertz CT molecular complexity index is 380. The normalized spacial score (nSPS) is 14.1. The molecule has 0 saturated heterocycles. The third-order valence-corrected chi connectivity index (χ3v) is 3.41. The third kappa shape index (κ3) is 3.01. The molecule has 1 rings (SSSR count). The van der Waals surface area contributed by atoms with Gasteiger partial charge in [-0.25, -0.2) is 4.39 Å². The molecule has 0 N–H and O–H groups in total. The highest BCUT2D eigenvalue weighted by atomic mass is 79.9. The van der Waals surface area contributed by atoms with Crippen molar-refractivity contribution >= 4 is 40.2 Å². The van der Waals surface area contributed by atoms with Crippen LogP contribution in [0.3, 0.4) is 0 Å². The van der Waals surface area contributed by atoms with Crippen LogP contribution in [0.25, 0.3) is 0 Å². The predicted octanol–water partition coefficient (Wildman–Crippen LogP) is 4.77. The molecule has 1 unspecified atom stereocenters. The van der Waals surface area contributed by atoms with Crippen LogP contribution in [-0.4, -0.2) is 6.18 Å². The van der Waals surface area contributed by atoms with Crippen LogP contribution in [0.1, 0.15) is 10.8 Å². The molecule has 84 valence electrons. The van der Waals surface area contributed by atoms with Gasteiger partial charge in [0, 0.05) is 10.0 Å². The first kappa shape index (κ1) is 13.1. The van der Waals surface area contributed by atoms with E-state index in [4.69, 9.17) is 11.6 Å². The summed E-state index contributed by atoms with van der Waals surface area (Å²) in [6.07, 6.45) is -4.60. The van der Waals surface area contributed by atoms with Crippen LogP contribution in [0.4, 0.5) is 17.6 Å². The summed E-state index contributed by atoms with van der Waals surface area (Å²) in [7, 11) is 0. The Labute approximate surface area is 102 Å². The summed E-state index contributed by atoms with van der Waals surface area (Å²) in [5.41, 5.74) is -0.554. The molecule has 15 heavy (non-hydrogen) atoms. The van der Waals surface area contributed by atoms with Crippen LogP contribution in [0.15, 0.2) is 16.6 Å². The molecule has 0 spiro atoms. The molecule has 1 aromatic rings. The van der Waals surface area contributed by atoms with Gasteiger partial charge in [-0.15, -0.1) is 0 Å². The summed E-state index contributed by atoms with van der Waals surface area (Å²) in [5.74, 6) is -1.03. The minimum Gasteiger partial charge on any atom is -0.207 e. The zero-order valence-electron chi connectivity index (χ0n) is 6.95. The SMILES string of the molecule is Fc1cc(Cl)c(Br)cc1C(S)C(F)(F)F. The molecule has 1 atom stereocenters. The Morgan fingerprint density at radius 2 is 1.87 bits per heavy atom. The fourth-order valence-electron chi connectivity index (χ4n) is 0.924. The molecule has 0 fully saturated rings. The lowest BCUT2D eigenvalue weighted by molar-refractivity contribution is -0.129. The van der Waals surface area contributed by atoms with E-state index in [1.165, 1.54) is 0 Å². The lowest BCUT2D eigenvalue weighted by Crippen LogP contribution is -2.17. The molecule has 0 bridgehead atoms. The van der Waals surface area contributed by atoms with Crippen molar-refractivity contribution in [3.63, 3.8) is 0 Å². The molecule has 1 aromatic carbocycles. The summed E-state index contributed by atoms with van der Waals surface area (Å²) in [6, 6.07) is 1.79. The van der Waals surface area contributed by atoms with Crippen LogP contribution in [0.2, 0.25) is 5.02 Å². The lowest BCUT2D eigenvalue weighted by Gasteiger charge is -2.16. The van der Waals surface area contributed by atoms with Gasteiger partial charge in [0.15, 0.2) is 0 Å². The van der Waals surface area contributed by atoms with Crippen LogP contribution >= 0.6 is 40.2 Å². The molecule has 0 radical (unpaired) electrons. The van der Waals surface area contributed by atoms with E-state index in [2.05, 4.69) is 28.6 Å². The van der Waals surface area contributed by atoms with E-state index >= 15 is 0 Å². The predicted molar refractivity (Wildman–Crippen MR) is 56.9 cm³/mol. The molecule has 0 nitrogen and oxygen atoms in total. The van der Waals surface area contributed by atoms with E-state index in [1.807, 2.05) is 0 Å². The van der Waals surface area contributed by atoms with Crippen LogP contribution < -0.4 is 0 Å². The summed E-state index contributed by atoms with van der Waals surface area (Å²) in [6.45, 7) is 0. The fraction of sp³-hybridized carbons (Fsp3) is 0.250. The van der Waals surface area contributed by atoms with Crippen molar-refractivity contribution in [2.24, 2.45) is 0 Å². The van der Waals surface area contributed by atoms with E-state index in [-0.39, 0.29) is 9.50 Å². The van der Waals surface area contributed by atoms with E-state index in [0.29, 0.717) is 0 Å². The number of alkyl halides is 3. The van der Waals surface area contributed by atoms with Gasteiger partial charge in [0.25, 0.3) is 0 Å². The van der Waals surface area contributed by atoms with Gasteiger partial charge >= 0.3 is 6.18 Å². The van der Waals surface area contributed by atoms with Gasteiger partial charge in [0.2, 0.25) is 0 Å². The zero-order chi connectivity index (χ0) is 11.8. The quantitative estimate of drug-likeness (QED) is 0.429. The molecule has 0 aliphatic heterocycles. The summed E-state index contributed by atoms with van der Waals surface area (Å²) in [4.78, 5) is 0. The Morgan fingerprint density at radius 1 is 1.33 bits per heavy atom. The molecule has 0 heterocycles. The van der Waals surface area contributed by atoms with Gasteiger partial charge in [-0.1, -0.05) is 11.6 Å². The topological polar surface area (TPSA) is 0 Å². The van der Waals surface area contributed by atoms with E-state index in [1.54, 1.807) is 0 Å². The molecule has 0 saturated carbocycles. The van der Waals surface area contributed by atoms with Gasteiger partial charge in [-0.2, -0.15) is 25.8 Å². The summed E-state index contributed by atoms with van der Waals surface area (Å²) in [5, 5.41) is -2.15. The first-order valence-corrected chi connectivity index (χ1v) is 5.31. The molecule has 0 aromatic heterocycles. The highest BCUT2D eigenvalue weighted by Crippen LogP contribution is 2.40. The molecular formula is C8H4BrClF4S. The minimum atomic E-state index is -4.60. The number of hydrogen-bond donors (Lipinski definition) is 1. The first-order chi connectivity index (χ1) is 6.73. The molecule has 0 amide bonds. The number of rotatable bonds is 1. The molecule has 0 aliphatic carbocycles. The van der Waals surface area contributed by atoms with Gasteiger partial charge in [0.05, 0.1) is 5.02 Å². The Kier molecular flexibility index (Phi) is 3.95. The van der Waals surface area contributed by atoms with Crippen LogP contribution in [-0.2, 0) is 0 Å². The van der Waals surface area contributed by atoms with Crippen LogP contribution in [0, 0.1) is 5.82 Å². The van der Waals surface area contributed by atoms with E-state index in [0.717, 1.165) is 12.1 Å². The maximum Gasteiger partial charge on any atom is 0.404 e. The number of benzene rings is 1. The largest absolute Gasteiger partial charge is 0.404 e. The van der Waals surface area contributed by atoms with Crippen molar-refractivity contribution < 1.29 is 17.6 Å². The second-order valence-electron chi connectivity index (χ2n) is 2.73. The molecule has 7 heteroatoms. The van der Waals surface area contributed by atoms with Gasteiger partial charge < -0.3 is 0 Å². The van der Waals surface area contributed by atoms with E-state index in [9.17, 15) is 17.6 Å². The first-order valence-electron chi connectivity index (χ1n) is 3.62. The Morgan fingerprint density at radius 3 is 2.33 bits per heavy atom.